The molecule has 3 aliphatic rings. The molecule has 0 radical (unpaired) electrons. The Balaban J connectivity index is 1.14. The Kier molecular flexibility index (Phi) is 5.62. The molecule has 1 aromatic carbocycles. The van der Waals surface area contributed by atoms with Gasteiger partial charge in [-0.1, -0.05) is 6.42 Å². The number of ether oxygens (including phenoxy) is 1. The van der Waals surface area contributed by atoms with Gasteiger partial charge in [0.2, 0.25) is 0 Å². The maximum atomic E-state index is 13.0. The summed E-state index contributed by atoms with van der Waals surface area (Å²) >= 11 is 0. The summed E-state index contributed by atoms with van der Waals surface area (Å²) in [5, 5.41) is 0. The van der Waals surface area contributed by atoms with Gasteiger partial charge < -0.3 is 14.5 Å². The van der Waals surface area contributed by atoms with Gasteiger partial charge in [0.25, 0.3) is 11.8 Å². The number of piperidine rings is 1. The zero-order valence-electron chi connectivity index (χ0n) is 17.8. The predicted octanol–water partition coefficient (Wildman–Crippen LogP) is 3.78. The average molecular weight is 420 g/mol. The summed E-state index contributed by atoms with van der Waals surface area (Å²) in [5.41, 5.74) is 1.38. The lowest BCUT2D eigenvalue weighted by molar-refractivity contribution is 0.0595. The summed E-state index contributed by atoms with van der Waals surface area (Å²) in [6, 6.07) is 11.6. The van der Waals surface area contributed by atoms with E-state index in [0.717, 1.165) is 37.1 Å². The smallest absolute Gasteiger partial charge is 0.255 e. The molecule has 3 fully saturated rings. The van der Waals surface area contributed by atoms with Crippen LogP contribution in [0.2, 0.25) is 0 Å². The van der Waals surface area contributed by atoms with E-state index >= 15 is 0 Å². The number of benzene rings is 1. The molecule has 3 heterocycles. The molecule has 6 nitrogen and oxygen atoms in total. The zero-order chi connectivity index (χ0) is 21.2. The van der Waals surface area contributed by atoms with Gasteiger partial charge in [-0.25, -0.2) is 0 Å². The number of nitrogens with zero attached hydrogens (tertiary/aromatic N) is 3. The molecule has 2 atom stereocenters. The lowest BCUT2D eigenvalue weighted by Crippen LogP contribution is -2.41. The Hall–Kier alpha value is -2.89. The second-order valence-corrected chi connectivity index (χ2v) is 9.02. The van der Waals surface area contributed by atoms with Crippen molar-refractivity contribution < 1.29 is 14.3 Å². The van der Waals surface area contributed by atoms with Crippen molar-refractivity contribution >= 4 is 11.8 Å². The van der Waals surface area contributed by atoms with Crippen LogP contribution >= 0.6 is 0 Å². The minimum Gasteiger partial charge on any atom is -0.490 e. The van der Waals surface area contributed by atoms with Gasteiger partial charge in [-0.3, -0.25) is 14.6 Å². The molecule has 2 aliphatic heterocycles. The normalized spacial score (nSPS) is 23.6. The van der Waals surface area contributed by atoms with Crippen molar-refractivity contribution in [2.75, 3.05) is 19.6 Å². The molecule has 0 unspecified atom stereocenters. The van der Waals surface area contributed by atoms with Gasteiger partial charge in [0.15, 0.2) is 0 Å². The van der Waals surface area contributed by atoms with Gasteiger partial charge in [0.05, 0.1) is 5.56 Å². The van der Waals surface area contributed by atoms with Crippen molar-refractivity contribution in [2.24, 2.45) is 5.92 Å². The van der Waals surface area contributed by atoms with Crippen LogP contribution in [0, 0.1) is 5.92 Å². The third-order valence-electron chi connectivity index (χ3n) is 6.95. The molecule has 2 saturated heterocycles. The standard InChI is InChI=1S/C25H29N3O3/c29-24(20-4-2-12-26-16-20)27-13-10-23(11-14-27)31-22-8-6-19(7-9-22)25(30)28-17-18-3-1-5-21(28)15-18/h2,4,6-9,12,16,18,21,23H,1,3,5,10-11,13-15,17H2/t18-,21+/m0/s1. The number of carbonyl (C=O) groups excluding carboxylic acids is 2. The largest absolute Gasteiger partial charge is 0.490 e. The molecule has 2 amide bonds. The fourth-order valence-electron chi connectivity index (χ4n) is 5.27. The Bertz CT molecular complexity index is 923. The number of rotatable bonds is 4. The predicted molar refractivity (Wildman–Crippen MR) is 117 cm³/mol. The van der Waals surface area contributed by atoms with E-state index in [1.54, 1.807) is 24.5 Å². The van der Waals surface area contributed by atoms with Crippen LogP contribution in [0.4, 0.5) is 0 Å². The summed E-state index contributed by atoms with van der Waals surface area (Å²) in [6.45, 7) is 2.26. The lowest BCUT2D eigenvalue weighted by Gasteiger charge is -2.32. The first kappa shape index (κ1) is 20.0. The number of fused-ring (bicyclic) bond motifs is 2. The Morgan fingerprint density at radius 1 is 0.935 bits per heavy atom. The van der Waals surface area contributed by atoms with Gasteiger partial charge in [-0.05, 0) is 61.6 Å². The lowest BCUT2D eigenvalue weighted by atomic mass is 9.90. The molecule has 1 saturated carbocycles. The average Bonchev–Trinajstić information content (AvgIpc) is 3.12. The molecule has 0 N–H and O–H groups in total. The summed E-state index contributed by atoms with van der Waals surface area (Å²) < 4.78 is 6.14. The minimum atomic E-state index is 0.0285. The summed E-state index contributed by atoms with van der Waals surface area (Å²) in [4.78, 5) is 33.5. The van der Waals surface area contributed by atoms with Gasteiger partial charge in [-0.2, -0.15) is 0 Å². The topological polar surface area (TPSA) is 62.7 Å². The fraction of sp³-hybridized carbons (Fsp3) is 0.480. The number of aromatic nitrogens is 1. The monoisotopic (exact) mass is 419 g/mol. The molecule has 5 rings (SSSR count). The number of carbonyl (C=O) groups is 2. The SMILES string of the molecule is O=C(c1cccnc1)N1CCC(Oc2ccc(C(=O)N3C[C@H]4CCC[C@@H]3C4)cc2)CC1. The van der Waals surface area contributed by atoms with Crippen LogP contribution in [-0.4, -0.2) is 58.4 Å². The van der Waals surface area contributed by atoms with E-state index in [9.17, 15) is 9.59 Å². The highest BCUT2D eigenvalue weighted by atomic mass is 16.5. The second-order valence-electron chi connectivity index (χ2n) is 9.02. The number of hydrogen-bond acceptors (Lipinski definition) is 4. The van der Waals surface area contributed by atoms with E-state index in [2.05, 4.69) is 9.88 Å². The minimum absolute atomic E-state index is 0.0285. The highest BCUT2D eigenvalue weighted by Crippen LogP contribution is 2.36. The first-order valence-electron chi connectivity index (χ1n) is 11.4. The maximum absolute atomic E-state index is 13.0. The fourth-order valence-corrected chi connectivity index (χ4v) is 5.27. The molecular weight excluding hydrogens is 390 g/mol. The first-order chi connectivity index (χ1) is 15.2. The molecule has 2 bridgehead atoms. The molecule has 162 valence electrons. The third kappa shape index (κ3) is 4.29. The van der Waals surface area contributed by atoms with Crippen LogP contribution in [-0.2, 0) is 0 Å². The quantitative estimate of drug-likeness (QED) is 0.757. The molecular formula is C25H29N3O3. The van der Waals surface area contributed by atoms with Gasteiger partial charge in [0.1, 0.15) is 11.9 Å². The Morgan fingerprint density at radius 2 is 1.74 bits per heavy atom. The van der Waals surface area contributed by atoms with Gasteiger partial charge in [0, 0.05) is 56.5 Å². The van der Waals surface area contributed by atoms with Crippen molar-refractivity contribution in [1.29, 1.82) is 0 Å². The summed E-state index contributed by atoms with van der Waals surface area (Å²) in [7, 11) is 0. The van der Waals surface area contributed by atoms with Crippen LogP contribution in [0.1, 0.15) is 59.2 Å². The third-order valence-corrected chi connectivity index (χ3v) is 6.95. The maximum Gasteiger partial charge on any atom is 0.255 e. The Morgan fingerprint density at radius 3 is 2.45 bits per heavy atom. The van der Waals surface area contributed by atoms with Crippen molar-refractivity contribution in [2.45, 2.75) is 50.7 Å². The van der Waals surface area contributed by atoms with Gasteiger partial charge in [-0.15, -0.1) is 0 Å². The summed E-state index contributed by atoms with van der Waals surface area (Å²) in [5.74, 6) is 1.67. The molecule has 1 aromatic heterocycles. The molecule has 0 spiro atoms. The number of amides is 2. The Labute approximate surface area is 183 Å². The van der Waals surface area contributed by atoms with E-state index in [0.29, 0.717) is 30.6 Å². The number of likely N-dealkylation sites (tertiary alicyclic amines) is 2. The van der Waals surface area contributed by atoms with Crippen LogP contribution in [0.5, 0.6) is 5.75 Å². The van der Waals surface area contributed by atoms with Crippen LogP contribution in [0.15, 0.2) is 48.8 Å². The van der Waals surface area contributed by atoms with E-state index < -0.39 is 0 Å². The van der Waals surface area contributed by atoms with Crippen molar-refractivity contribution in [3.05, 3.63) is 59.9 Å². The van der Waals surface area contributed by atoms with E-state index in [4.69, 9.17) is 4.74 Å². The van der Waals surface area contributed by atoms with E-state index in [-0.39, 0.29) is 17.9 Å². The second kappa shape index (κ2) is 8.69. The van der Waals surface area contributed by atoms with Crippen LogP contribution < -0.4 is 4.74 Å². The summed E-state index contributed by atoms with van der Waals surface area (Å²) in [6.07, 6.45) is 9.79. The van der Waals surface area contributed by atoms with Crippen molar-refractivity contribution in [1.82, 2.24) is 14.8 Å². The number of hydrogen-bond donors (Lipinski definition) is 0. The van der Waals surface area contributed by atoms with Crippen LogP contribution in [0.3, 0.4) is 0 Å². The highest BCUT2D eigenvalue weighted by molar-refractivity contribution is 5.95. The molecule has 2 aromatic rings. The highest BCUT2D eigenvalue weighted by Gasteiger charge is 2.37. The van der Waals surface area contributed by atoms with Gasteiger partial charge >= 0.3 is 0 Å². The van der Waals surface area contributed by atoms with E-state index in [1.807, 2.05) is 29.2 Å². The first-order valence-corrected chi connectivity index (χ1v) is 11.4. The molecule has 6 heteroatoms. The molecule has 31 heavy (non-hydrogen) atoms. The number of pyridine rings is 1. The molecule has 1 aliphatic carbocycles. The van der Waals surface area contributed by atoms with Crippen molar-refractivity contribution in [3.8, 4) is 5.75 Å². The van der Waals surface area contributed by atoms with Crippen LogP contribution in [0.25, 0.3) is 0 Å². The zero-order valence-corrected chi connectivity index (χ0v) is 17.8. The van der Waals surface area contributed by atoms with E-state index in [1.165, 1.54) is 19.3 Å². The van der Waals surface area contributed by atoms with Crippen molar-refractivity contribution in [3.63, 3.8) is 0 Å².